The van der Waals surface area contributed by atoms with Crippen LogP contribution in [-0.4, -0.2) is 36.9 Å². The zero-order valence-electron chi connectivity index (χ0n) is 16.1. The van der Waals surface area contributed by atoms with Gasteiger partial charge in [-0.3, -0.25) is 4.79 Å². The van der Waals surface area contributed by atoms with Crippen LogP contribution >= 0.6 is 23.4 Å². The lowest BCUT2D eigenvalue weighted by atomic mass is 10.1. The van der Waals surface area contributed by atoms with Crippen molar-refractivity contribution in [1.29, 1.82) is 0 Å². The molecule has 0 saturated carbocycles. The van der Waals surface area contributed by atoms with Gasteiger partial charge in [-0.05, 0) is 48.5 Å². The third-order valence-corrected chi connectivity index (χ3v) is 7.64. The van der Waals surface area contributed by atoms with E-state index in [9.17, 15) is 23.1 Å². The number of halogens is 1. The standard InChI is InChI=1S/C22H18ClNO5S2/c23-15-9-11-16(12-10-15)31(28,29)14-13-30-20-8-4-3-7-19(20)24-21(25)17-5-1-2-6-18(17)22(26)27/h1-12H,13-14H2,(H,24,25)(H,26,27). The fourth-order valence-corrected chi connectivity index (χ4v) is 5.57. The summed E-state index contributed by atoms with van der Waals surface area (Å²) in [6.07, 6.45) is 0. The van der Waals surface area contributed by atoms with Crippen molar-refractivity contribution in [3.05, 3.63) is 88.9 Å². The lowest BCUT2D eigenvalue weighted by molar-refractivity contribution is 0.0692. The number of aromatic carboxylic acids is 1. The van der Waals surface area contributed by atoms with Crippen LogP contribution < -0.4 is 5.32 Å². The quantitative estimate of drug-likeness (QED) is 0.451. The van der Waals surface area contributed by atoms with Gasteiger partial charge in [0.2, 0.25) is 0 Å². The van der Waals surface area contributed by atoms with Gasteiger partial charge in [-0.15, -0.1) is 11.8 Å². The molecular formula is C22H18ClNO5S2. The Morgan fingerprint density at radius 1 is 0.903 bits per heavy atom. The highest BCUT2D eigenvalue weighted by molar-refractivity contribution is 8.00. The van der Waals surface area contributed by atoms with E-state index in [1.807, 2.05) is 0 Å². The summed E-state index contributed by atoms with van der Waals surface area (Å²) in [6.45, 7) is 0. The number of hydrogen-bond acceptors (Lipinski definition) is 5. The first-order valence-corrected chi connectivity index (χ1v) is 12.1. The van der Waals surface area contributed by atoms with Crippen molar-refractivity contribution in [3.63, 3.8) is 0 Å². The van der Waals surface area contributed by atoms with E-state index >= 15 is 0 Å². The monoisotopic (exact) mass is 475 g/mol. The molecule has 0 radical (unpaired) electrons. The SMILES string of the molecule is O=C(O)c1ccccc1C(=O)Nc1ccccc1SCCS(=O)(=O)c1ccc(Cl)cc1. The minimum atomic E-state index is -3.47. The second-order valence-electron chi connectivity index (χ2n) is 6.42. The van der Waals surface area contributed by atoms with E-state index in [4.69, 9.17) is 11.6 Å². The topological polar surface area (TPSA) is 101 Å². The number of sulfone groups is 1. The van der Waals surface area contributed by atoms with Gasteiger partial charge in [0.15, 0.2) is 9.84 Å². The van der Waals surface area contributed by atoms with E-state index in [1.54, 1.807) is 36.4 Å². The first-order valence-electron chi connectivity index (χ1n) is 9.12. The molecule has 31 heavy (non-hydrogen) atoms. The molecule has 9 heteroatoms. The Bertz CT molecular complexity index is 1210. The van der Waals surface area contributed by atoms with Gasteiger partial charge in [0.05, 0.1) is 27.5 Å². The maximum absolute atomic E-state index is 12.6. The smallest absolute Gasteiger partial charge is 0.336 e. The molecule has 0 bridgehead atoms. The van der Waals surface area contributed by atoms with E-state index in [-0.39, 0.29) is 27.5 Å². The highest BCUT2D eigenvalue weighted by atomic mass is 35.5. The number of thioether (sulfide) groups is 1. The zero-order chi connectivity index (χ0) is 22.4. The van der Waals surface area contributed by atoms with E-state index in [2.05, 4.69) is 5.32 Å². The summed E-state index contributed by atoms with van der Waals surface area (Å²) < 4.78 is 25.0. The van der Waals surface area contributed by atoms with Crippen LogP contribution in [0.2, 0.25) is 5.02 Å². The number of para-hydroxylation sites is 1. The number of amides is 1. The van der Waals surface area contributed by atoms with Gasteiger partial charge in [-0.2, -0.15) is 0 Å². The predicted octanol–water partition coefficient (Wildman–Crippen LogP) is 4.86. The summed E-state index contributed by atoms with van der Waals surface area (Å²) in [4.78, 5) is 24.9. The molecule has 2 N–H and O–H groups in total. The summed E-state index contributed by atoms with van der Waals surface area (Å²) in [6, 6.07) is 18.9. The van der Waals surface area contributed by atoms with Crippen LogP contribution in [0.3, 0.4) is 0 Å². The number of rotatable bonds is 8. The summed E-state index contributed by atoms with van der Waals surface area (Å²) in [5.41, 5.74) is 0.417. The van der Waals surface area contributed by atoms with Crippen molar-refractivity contribution < 1.29 is 23.1 Å². The molecule has 3 aromatic rings. The van der Waals surface area contributed by atoms with Crippen molar-refractivity contribution in [2.45, 2.75) is 9.79 Å². The summed E-state index contributed by atoms with van der Waals surface area (Å²) >= 11 is 7.09. The van der Waals surface area contributed by atoms with E-state index < -0.39 is 21.7 Å². The number of carbonyl (C=O) groups is 2. The summed E-state index contributed by atoms with van der Waals surface area (Å²) in [5, 5.41) is 12.5. The van der Waals surface area contributed by atoms with Crippen LogP contribution in [0.1, 0.15) is 20.7 Å². The normalized spacial score (nSPS) is 11.1. The Labute approximate surface area is 189 Å². The van der Waals surface area contributed by atoms with Crippen LogP contribution in [0.25, 0.3) is 0 Å². The zero-order valence-corrected chi connectivity index (χ0v) is 18.5. The molecule has 0 spiro atoms. The molecule has 0 aromatic heterocycles. The van der Waals surface area contributed by atoms with Crippen LogP contribution in [0.15, 0.2) is 82.6 Å². The molecule has 0 unspecified atom stereocenters. The predicted molar refractivity (Wildman–Crippen MR) is 122 cm³/mol. The number of carboxylic acid groups (broad SMARTS) is 1. The third-order valence-electron chi connectivity index (χ3n) is 4.32. The lowest BCUT2D eigenvalue weighted by Crippen LogP contribution is -2.16. The average molecular weight is 476 g/mol. The highest BCUT2D eigenvalue weighted by Crippen LogP contribution is 2.28. The summed E-state index contributed by atoms with van der Waals surface area (Å²) in [5.74, 6) is -1.58. The maximum Gasteiger partial charge on any atom is 0.336 e. The molecule has 3 aromatic carbocycles. The van der Waals surface area contributed by atoms with Crippen molar-refractivity contribution in [1.82, 2.24) is 0 Å². The molecule has 0 heterocycles. The van der Waals surface area contributed by atoms with Crippen molar-refractivity contribution >= 4 is 50.8 Å². The number of anilines is 1. The van der Waals surface area contributed by atoms with Gasteiger partial charge in [0.1, 0.15) is 0 Å². The molecule has 3 rings (SSSR count). The molecule has 0 aliphatic rings. The van der Waals surface area contributed by atoms with Gasteiger partial charge in [0.25, 0.3) is 5.91 Å². The number of carboxylic acids is 1. The molecular weight excluding hydrogens is 458 g/mol. The Morgan fingerprint density at radius 3 is 2.19 bits per heavy atom. The number of carbonyl (C=O) groups excluding carboxylic acids is 1. The average Bonchev–Trinajstić information content (AvgIpc) is 2.75. The lowest BCUT2D eigenvalue weighted by Gasteiger charge is -2.12. The Kier molecular flexibility index (Phi) is 7.37. The van der Waals surface area contributed by atoms with Crippen LogP contribution in [0, 0.1) is 0 Å². The molecule has 0 atom stereocenters. The number of hydrogen-bond donors (Lipinski definition) is 2. The second-order valence-corrected chi connectivity index (χ2v) is 10.1. The highest BCUT2D eigenvalue weighted by Gasteiger charge is 2.18. The molecule has 6 nitrogen and oxygen atoms in total. The number of nitrogens with one attached hydrogen (secondary N) is 1. The minimum Gasteiger partial charge on any atom is -0.478 e. The van der Waals surface area contributed by atoms with Gasteiger partial charge in [-0.25, -0.2) is 13.2 Å². The largest absolute Gasteiger partial charge is 0.478 e. The first kappa shape index (κ1) is 22.9. The Balaban J connectivity index is 1.70. The Morgan fingerprint density at radius 2 is 1.52 bits per heavy atom. The van der Waals surface area contributed by atoms with Crippen LogP contribution in [0.5, 0.6) is 0 Å². The molecule has 0 aliphatic carbocycles. The van der Waals surface area contributed by atoms with E-state index in [1.165, 1.54) is 48.2 Å². The molecule has 0 aliphatic heterocycles. The molecule has 160 valence electrons. The third kappa shape index (κ3) is 5.88. The minimum absolute atomic E-state index is 0.0418. The van der Waals surface area contributed by atoms with Crippen LogP contribution in [-0.2, 0) is 9.84 Å². The second kappa shape index (κ2) is 10.00. The van der Waals surface area contributed by atoms with Crippen molar-refractivity contribution in [2.75, 3.05) is 16.8 Å². The fraction of sp³-hybridized carbons (Fsp3) is 0.0909. The van der Waals surface area contributed by atoms with Gasteiger partial charge >= 0.3 is 5.97 Å². The molecule has 0 saturated heterocycles. The van der Waals surface area contributed by atoms with Gasteiger partial charge in [0, 0.05) is 15.7 Å². The summed E-state index contributed by atoms with van der Waals surface area (Å²) in [7, 11) is -3.47. The van der Waals surface area contributed by atoms with Crippen molar-refractivity contribution in [2.24, 2.45) is 0 Å². The van der Waals surface area contributed by atoms with Gasteiger partial charge in [-0.1, -0.05) is 35.9 Å². The van der Waals surface area contributed by atoms with Crippen LogP contribution in [0.4, 0.5) is 5.69 Å². The van der Waals surface area contributed by atoms with E-state index in [0.717, 1.165) is 0 Å². The van der Waals surface area contributed by atoms with Gasteiger partial charge < -0.3 is 10.4 Å². The van der Waals surface area contributed by atoms with Crippen molar-refractivity contribution in [3.8, 4) is 0 Å². The maximum atomic E-state index is 12.6. The molecule has 0 fully saturated rings. The first-order chi connectivity index (χ1) is 14.8. The number of benzene rings is 3. The Hall–Kier alpha value is -2.81. The fourth-order valence-electron chi connectivity index (χ4n) is 2.77. The van der Waals surface area contributed by atoms with E-state index in [0.29, 0.717) is 15.6 Å². The molecule has 1 amide bonds.